The average molecular weight is 208 g/mol. The summed E-state index contributed by atoms with van der Waals surface area (Å²) < 4.78 is 5.19. The third-order valence-electron chi connectivity index (χ3n) is 2.51. The Morgan fingerprint density at radius 3 is 2.93 bits per heavy atom. The number of allylic oxidation sites excluding steroid dienone is 3. The molecular weight excluding hydrogens is 188 g/mol. The molecule has 0 radical (unpaired) electrons. The fraction of sp³-hybridized carbons (Fsp3) is 0.615. The fourth-order valence-corrected chi connectivity index (χ4v) is 1.56. The van der Waals surface area contributed by atoms with Gasteiger partial charge < -0.3 is 4.74 Å². The van der Waals surface area contributed by atoms with Crippen LogP contribution in [0.5, 0.6) is 0 Å². The lowest BCUT2D eigenvalue weighted by Crippen LogP contribution is -2.09. The normalized spacial score (nSPS) is 14.9. The van der Waals surface area contributed by atoms with E-state index in [2.05, 4.69) is 13.0 Å². The van der Waals surface area contributed by atoms with Crippen molar-refractivity contribution in [3.63, 3.8) is 0 Å². The maximum Gasteiger partial charge on any atom is 0.334 e. The lowest BCUT2D eigenvalue weighted by Gasteiger charge is -2.08. The van der Waals surface area contributed by atoms with Crippen LogP contribution in [0.1, 0.15) is 45.4 Å². The monoisotopic (exact) mass is 208 g/mol. The maximum atomic E-state index is 11.5. The zero-order valence-electron chi connectivity index (χ0n) is 9.50. The molecule has 0 fully saturated rings. The van der Waals surface area contributed by atoms with Gasteiger partial charge >= 0.3 is 5.97 Å². The van der Waals surface area contributed by atoms with E-state index >= 15 is 0 Å². The number of hydrogen-bond acceptors (Lipinski definition) is 2. The summed E-state index contributed by atoms with van der Waals surface area (Å²) in [5.41, 5.74) is 0.813. The quantitative estimate of drug-likeness (QED) is 0.494. The van der Waals surface area contributed by atoms with E-state index < -0.39 is 0 Å². The predicted octanol–water partition coefficient (Wildman–Crippen LogP) is 3.39. The first-order chi connectivity index (χ1) is 7.34. The van der Waals surface area contributed by atoms with Crippen molar-refractivity contribution in [2.24, 2.45) is 0 Å². The van der Waals surface area contributed by atoms with Crippen LogP contribution in [0, 0.1) is 0 Å². The minimum atomic E-state index is -0.129. The lowest BCUT2D eigenvalue weighted by molar-refractivity contribution is -0.139. The van der Waals surface area contributed by atoms with Crippen LogP contribution < -0.4 is 0 Å². The standard InChI is InChI=1S/C13H20O2/c1-2-3-4-8-11-15-13(14)12-9-6-5-7-10-12/h5-6,9H,2-4,7-8,10-11H2,1H3. The van der Waals surface area contributed by atoms with E-state index in [1.165, 1.54) is 12.8 Å². The number of hydrogen-bond donors (Lipinski definition) is 0. The topological polar surface area (TPSA) is 26.3 Å². The molecule has 1 aliphatic rings. The molecule has 2 heteroatoms. The minimum Gasteiger partial charge on any atom is -0.462 e. The molecule has 0 spiro atoms. The van der Waals surface area contributed by atoms with Gasteiger partial charge in [0, 0.05) is 5.57 Å². The molecule has 0 amide bonds. The molecule has 0 aliphatic heterocycles. The molecule has 0 unspecified atom stereocenters. The van der Waals surface area contributed by atoms with Gasteiger partial charge in [0.25, 0.3) is 0 Å². The summed E-state index contributed by atoms with van der Waals surface area (Å²) in [5.74, 6) is -0.129. The Morgan fingerprint density at radius 2 is 2.27 bits per heavy atom. The van der Waals surface area contributed by atoms with Crippen molar-refractivity contribution in [3.05, 3.63) is 23.8 Å². The summed E-state index contributed by atoms with van der Waals surface area (Å²) in [6, 6.07) is 0. The number of carbonyl (C=O) groups excluding carboxylic acids is 1. The molecule has 1 rings (SSSR count). The van der Waals surface area contributed by atoms with Gasteiger partial charge in [-0.2, -0.15) is 0 Å². The Balaban J connectivity index is 2.13. The fourth-order valence-electron chi connectivity index (χ4n) is 1.56. The molecule has 84 valence electrons. The molecule has 2 nitrogen and oxygen atoms in total. The summed E-state index contributed by atoms with van der Waals surface area (Å²) >= 11 is 0. The number of esters is 1. The van der Waals surface area contributed by atoms with E-state index in [1.54, 1.807) is 0 Å². The number of unbranched alkanes of at least 4 members (excludes halogenated alkanes) is 3. The number of ether oxygens (including phenoxy) is 1. The number of carbonyl (C=O) groups is 1. The smallest absolute Gasteiger partial charge is 0.334 e. The molecule has 0 aromatic heterocycles. The second-order valence-corrected chi connectivity index (χ2v) is 3.86. The highest BCUT2D eigenvalue weighted by Crippen LogP contribution is 2.13. The zero-order valence-corrected chi connectivity index (χ0v) is 9.50. The van der Waals surface area contributed by atoms with Crippen molar-refractivity contribution in [3.8, 4) is 0 Å². The SMILES string of the molecule is CCCCCCOC(=O)C1=CC=CCC1. The van der Waals surface area contributed by atoms with Crippen molar-refractivity contribution < 1.29 is 9.53 Å². The summed E-state index contributed by atoms with van der Waals surface area (Å²) in [7, 11) is 0. The molecule has 15 heavy (non-hydrogen) atoms. The van der Waals surface area contributed by atoms with Crippen LogP contribution in [0.25, 0.3) is 0 Å². The molecule has 0 saturated carbocycles. The van der Waals surface area contributed by atoms with Crippen molar-refractivity contribution in [1.82, 2.24) is 0 Å². The Kier molecular flexibility index (Phi) is 5.83. The van der Waals surface area contributed by atoms with Gasteiger partial charge in [-0.1, -0.05) is 44.4 Å². The van der Waals surface area contributed by atoms with Crippen LogP contribution >= 0.6 is 0 Å². The van der Waals surface area contributed by atoms with Crippen molar-refractivity contribution in [1.29, 1.82) is 0 Å². The van der Waals surface area contributed by atoms with E-state index in [4.69, 9.17) is 4.74 Å². The summed E-state index contributed by atoms with van der Waals surface area (Å²) in [6.45, 7) is 2.74. The van der Waals surface area contributed by atoms with Crippen LogP contribution in [0.4, 0.5) is 0 Å². The predicted molar refractivity (Wildman–Crippen MR) is 61.6 cm³/mol. The Morgan fingerprint density at radius 1 is 1.40 bits per heavy atom. The van der Waals surface area contributed by atoms with E-state index in [0.29, 0.717) is 6.61 Å². The van der Waals surface area contributed by atoms with Crippen molar-refractivity contribution in [2.75, 3.05) is 6.61 Å². The van der Waals surface area contributed by atoms with Crippen molar-refractivity contribution in [2.45, 2.75) is 45.4 Å². The van der Waals surface area contributed by atoms with Gasteiger partial charge in [-0.25, -0.2) is 4.79 Å². The minimum absolute atomic E-state index is 0.129. The molecule has 0 bridgehead atoms. The first kappa shape index (κ1) is 12.0. The highest BCUT2D eigenvalue weighted by Gasteiger charge is 2.10. The Bertz CT molecular complexity index is 251. The van der Waals surface area contributed by atoms with Crippen LogP contribution in [0.3, 0.4) is 0 Å². The molecule has 0 N–H and O–H groups in total. The van der Waals surface area contributed by atoms with Gasteiger partial charge in [0.05, 0.1) is 6.61 Å². The van der Waals surface area contributed by atoms with Gasteiger partial charge in [-0.05, 0) is 19.3 Å². The van der Waals surface area contributed by atoms with Gasteiger partial charge in [-0.3, -0.25) is 0 Å². The van der Waals surface area contributed by atoms with Crippen LogP contribution in [0.15, 0.2) is 23.8 Å². The summed E-state index contributed by atoms with van der Waals surface area (Å²) in [6.07, 6.45) is 12.2. The van der Waals surface area contributed by atoms with Gasteiger partial charge in [0.1, 0.15) is 0 Å². The first-order valence-corrected chi connectivity index (χ1v) is 5.87. The van der Waals surface area contributed by atoms with E-state index in [0.717, 1.165) is 31.3 Å². The molecular formula is C13H20O2. The van der Waals surface area contributed by atoms with E-state index in [-0.39, 0.29) is 5.97 Å². The maximum absolute atomic E-state index is 11.5. The van der Waals surface area contributed by atoms with Crippen molar-refractivity contribution >= 4 is 5.97 Å². The highest BCUT2D eigenvalue weighted by atomic mass is 16.5. The largest absolute Gasteiger partial charge is 0.462 e. The van der Waals surface area contributed by atoms with Crippen LogP contribution in [-0.4, -0.2) is 12.6 Å². The van der Waals surface area contributed by atoms with E-state index in [9.17, 15) is 4.79 Å². The third kappa shape index (κ3) is 4.82. The average Bonchev–Trinajstić information content (AvgIpc) is 2.30. The van der Waals surface area contributed by atoms with Crippen LogP contribution in [0.2, 0.25) is 0 Å². The summed E-state index contributed by atoms with van der Waals surface area (Å²) in [4.78, 5) is 11.5. The number of rotatable bonds is 6. The van der Waals surface area contributed by atoms with Gasteiger partial charge in [0.2, 0.25) is 0 Å². The second kappa shape index (κ2) is 7.27. The lowest BCUT2D eigenvalue weighted by atomic mass is 10.1. The molecule has 0 saturated heterocycles. The van der Waals surface area contributed by atoms with Crippen LogP contribution in [-0.2, 0) is 9.53 Å². The Hall–Kier alpha value is -1.05. The van der Waals surface area contributed by atoms with Gasteiger partial charge in [-0.15, -0.1) is 0 Å². The first-order valence-electron chi connectivity index (χ1n) is 5.87. The molecule has 0 heterocycles. The Labute approximate surface area is 92.0 Å². The van der Waals surface area contributed by atoms with Gasteiger partial charge in [0.15, 0.2) is 0 Å². The second-order valence-electron chi connectivity index (χ2n) is 3.86. The highest BCUT2D eigenvalue weighted by molar-refractivity contribution is 5.89. The molecule has 1 aliphatic carbocycles. The molecule has 0 aromatic rings. The summed E-state index contributed by atoms with van der Waals surface area (Å²) in [5, 5.41) is 0. The molecule has 0 aromatic carbocycles. The van der Waals surface area contributed by atoms with E-state index in [1.807, 2.05) is 12.2 Å². The molecule has 0 atom stereocenters. The zero-order chi connectivity index (χ0) is 10.9. The third-order valence-corrected chi connectivity index (χ3v) is 2.51.